The normalized spacial score (nSPS) is 14.6. The Bertz CT molecular complexity index is 352. The second-order valence-electron chi connectivity index (χ2n) is 2.65. The first-order valence-electron chi connectivity index (χ1n) is 3.44. The van der Waals surface area contributed by atoms with Gasteiger partial charge in [0, 0.05) is 0 Å². The minimum atomic E-state index is -8.26. The highest BCUT2D eigenvalue weighted by Crippen LogP contribution is 2.74. The molecule has 0 atom stereocenters. The molecule has 114 valence electrons. The molecule has 0 aromatic rings. The SMILES string of the molecule is O=P(O)(C(F)(F)C(F)(F)F)C(F)(F)C(F)(F)F.[C-]#N. The van der Waals surface area contributed by atoms with E-state index in [1.807, 2.05) is 0 Å². The van der Waals surface area contributed by atoms with Crippen LogP contribution in [-0.4, -0.2) is 28.6 Å². The summed E-state index contributed by atoms with van der Waals surface area (Å²) in [6, 6.07) is 0. The fraction of sp³-hybridized carbons (Fsp3) is 0.800. The molecule has 0 aliphatic heterocycles. The van der Waals surface area contributed by atoms with Gasteiger partial charge >= 0.3 is 31.0 Å². The molecule has 0 radical (unpaired) electrons. The van der Waals surface area contributed by atoms with Crippen molar-refractivity contribution in [1.29, 1.82) is 5.26 Å². The third-order valence-corrected chi connectivity index (χ3v) is 3.47. The zero-order valence-corrected chi connectivity index (χ0v) is 8.92. The second-order valence-corrected chi connectivity index (χ2v) is 4.93. The van der Waals surface area contributed by atoms with Crippen LogP contribution in [0.5, 0.6) is 0 Å². The van der Waals surface area contributed by atoms with Crippen molar-refractivity contribution >= 4 is 7.37 Å². The van der Waals surface area contributed by atoms with Crippen LogP contribution in [0.3, 0.4) is 0 Å². The highest BCUT2D eigenvalue weighted by atomic mass is 31.2. The number of nitrogens with zero attached hydrogens (tertiary/aromatic N) is 1. The molecule has 0 amide bonds. The van der Waals surface area contributed by atoms with E-state index in [1.54, 1.807) is 0 Å². The van der Waals surface area contributed by atoms with E-state index in [0.29, 0.717) is 0 Å². The summed E-state index contributed by atoms with van der Waals surface area (Å²) >= 11 is 0. The summed E-state index contributed by atoms with van der Waals surface area (Å²) in [4.78, 5) is 7.86. The Morgan fingerprint density at radius 2 is 0.895 bits per heavy atom. The van der Waals surface area contributed by atoms with Gasteiger partial charge in [-0.3, -0.25) is 4.57 Å². The van der Waals surface area contributed by atoms with Crippen LogP contribution in [-0.2, 0) is 4.57 Å². The molecular weight excluding hydrogens is 327 g/mol. The van der Waals surface area contributed by atoms with Gasteiger partial charge < -0.3 is 16.7 Å². The molecule has 0 aromatic carbocycles. The molecule has 19 heavy (non-hydrogen) atoms. The average molecular weight is 328 g/mol. The first kappa shape index (κ1) is 20.3. The van der Waals surface area contributed by atoms with Crippen LogP contribution < -0.4 is 0 Å². The highest BCUT2D eigenvalue weighted by molar-refractivity contribution is 7.60. The predicted molar refractivity (Wildman–Crippen MR) is 36.8 cm³/mol. The summed E-state index contributed by atoms with van der Waals surface area (Å²) < 4.78 is 127. The molecule has 0 fully saturated rings. The lowest BCUT2D eigenvalue weighted by Crippen LogP contribution is -2.47. The van der Waals surface area contributed by atoms with Crippen molar-refractivity contribution in [2.45, 2.75) is 23.7 Å². The molecule has 1 N–H and O–H groups in total. The first-order chi connectivity index (χ1) is 8.00. The Kier molecular flexibility index (Phi) is 5.52. The Balaban J connectivity index is 0. The summed E-state index contributed by atoms with van der Waals surface area (Å²) in [5.74, 6) is 0. The maximum absolute atomic E-state index is 12.1. The molecule has 3 nitrogen and oxygen atoms in total. The topological polar surface area (TPSA) is 61.1 Å². The van der Waals surface area contributed by atoms with E-state index < -0.39 is 31.0 Å². The van der Waals surface area contributed by atoms with Gasteiger partial charge in [-0.2, -0.15) is 43.9 Å². The standard InChI is InChI=1S/C4HF10O2P.CN/c5-1(6,7)3(11,12)17(15,16)4(13,14)2(8,9)10;1-2/h(H,15,16);/q;-1. The first-order valence-corrected chi connectivity index (χ1v) is 5.10. The molecule has 0 bridgehead atoms. The maximum atomic E-state index is 12.1. The van der Waals surface area contributed by atoms with Crippen LogP contribution in [0.15, 0.2) is 0 Å². The van der Waals surface area contributed by atoms with Gasteiger partial charge in [0.1, 0.15) is 0 Å². The van der Waals surface area contributed by atoms with Gasteiger partial charge in [0.15, 0.2) is 0 Å². The molecule has 0 aromatic heterocycles. The van der Waals surface area contributed by atoms with E-state index in [9.17, 15) is 48.5 Å². The molecular formula is C5HF10NO2P-. The average Bonchev–Trinajstić information content (AvgIpc) is 2.16. The highest BCUT2D eigenvalue weighted by Gasteiger charge is 2.83. The van der Waals surface area contributed by atoms with Gasteiger partial charge in [-0.15, -0.1) is 0 Å². The van der Waals surface area contributed by atoms with Crippen LogP contribution in [0.4, 0.5) is 43.9 Å². The number of hydrogen-bond donors (Lipinski definition) is 1. The molecule has 0 aliphatic rings. The number of rotatable bonds is 2. The molecule has 14 heteroatoms. The van der Waals surface area contributed by atoms with E-state index in [4.69, 9.17) is 16.7 Å². The number of halogens is 10. The Hall–Kier alpha value is -1.02. The Morgan fingerprint density at radius 3 is 1.00 bits per heavy atom. The quantitative estimate of drug-likeness (QED) is 0.478. The van der Waals surface area contributed by atoms with E-state index in [1.165, 1.54) is 0 Å². The molecule has 0 unspecified atom stereocenters. The third-order valence-electron chi connectivity index (χ3n) is 1.44. The van der Waals surface area contributed by atoms with E-state index in [2.05, 4.69) is 0 Å². The van der Waals surface area contributed by atoms with Crippen molar-refractivity contribution < 1.29 is 53.4 Å². The number of hydrogen-bond acceptors (Lipinski definition) is 2. The lowest BCUT2D eigenvalue weighted by molar-refractivity contribution is -0.270. The molecule has 0 aliphatic carbocycles. The largest absolute Gasteiger partial charge is 0.512 e. The molecule has 0 saturated heterocycles. The Morgan fingerprint density at radius 1 is 0.737 bits per heavy atom. The lowest BCUT2D eigenvalue weighted by atomic mass is 10.7. The van der Waals surface area contributed by atoms with Crippen molar-refractivity contribution in [2.75, 3.05) is 0 Å². The summed E-state index contributed by atoms with van der Waals surface area (Å²) in [6.45, 7) is 4.75. The fourth-order valence-electron chi connectivity index (χ4n) is 0.520. The fourth-order valence-corrected chi connectivity index (χ4v) is 1.56. The van der Waals surface area contributed by atoms with E-state index in [-0.39, 0.29) is 0 Å². The molecule has 0 rings (SSSR count). The molecule has 0 heterocycles. The second kappa shape index (κ2) is 5.16. The monoisotopic (exact) mass is 328 g/mol. The van der Waals surface area contributed by atoms with Gasteiger partial charge in [0.05, 0.1) is 0 Å². The zero-order chi connectivity index (χ0) is 16.5. The molecule has 0 spiro atoms. The third kappa shape index (κ3) is 3.11. The molecule has 0 saturated carbocycles. The lowest BCUT2D eigenvalue weighted by Gasteiger charge is -2.30. The minimum absolute atomic E-state index is 4.75. The van der Waals surface area contributed by atoms with Gasteiger partial charge in [-0.05, 0) is 0 Å². The van der Waals surface area contributed by atoms with E-state index >= 15 is 0 Å². The van der Waals surface area contributed by atoms with Crippen LogP contribution in [0.2, 0.25) is 0 Å². The smallest absolute Gasteiger partial charge is 0.463 e. The van der Waals surface area contributed by atoms with Crippen molar-refractivity contribution in [1.82, 2.24) is 0 Å². The summed E-state index contributed by atoms with van der Waals surface area (Å²) in [6.07, 6.45) is -14.0. The van der Waals surface area contributed by atoms with Gasteiger partial charge in [0.2, 0.25) is 0 Å². The maximum Gasteiger partial charge on any atom is 0.463 e. The van der Waals surface area contributed by atoms with Crippen molar-refractivity contribution in [3.8, 4) is 0 Å². The van der Waals surface area contributed by atoms with Crippen LogP contribution in [0, 0.1) is 11.8 Å². The van der Waals surface area contributed by atoms with Crippen LogP contribution >= 0.6 is 7.37 Å². The number of alkyl halides is 10. The summed E-state index contributed by atoms with van der Waals surface area (Å²) in [5, 5.41) is 6.25. The summed E-state index contributed by atoms with van der Waals surface area (Å²) in [7, 11) is -8.26. The van der Waals surface area contributed by atoms with Crippen molar-refractivity contribution in [3.63, 3.8) is 0 Å². The van der Waals surface area contributed by atoms with Gasteiger partial charge in [0.25, 0.3) is 0 Å². The predicted octanol–water partition coefficient (Wildman–Crippen LogP) is 3.66. The summed E-state index contributed by atoms with van der Waals surface area (Å²) in [5.41, 5.74) is -14.2. The Labute approximate surface area is 97.4 Å². The van der Waals surface area contributed by atoms with Crippen LogP contribution in [0.1, 0.15) is 0 Å². The zero-order valence-electron chi connectivity index (χ0n) is 8.03. The van der Waals surface area contributed by atoms with Gasteiger partial charge in [-0.1, -0.05) is 0 Å². The van der Waals surface area contributed by atoms with Gasteiger partial charge in [-0.25, -0.2) is 0 Å². The van der Waals surface area contributed by atoms with E-state index in [0.717, 1.165) is 0 Å². The van der Waals surface area contributed by atoms with Crippen LogP contribution in [0.25, 0.3) is 0 Å². The van der Waals surface area contributed by atoms with Crippen molar-refractivity contribution in [3.05, 3.63) is 6.57 Å². The minimum Gasteiger partial charge on any atom is -0.512 e. The van der Waals surface area contributed by atoms with Crippen molar-refractivity contribution in [2.24, 2.45) is 0 Å².